The maximum atomic E-state index is 11.5. The molecule has 0 aromatic carbocycles. The zero-order chi connectivity index (χ0) is 16.6. The minimum absolute atomic E-state index is 0.198. The molecule has 0 bridgehead atoms. The molecule has 0 saturated carbocycles. The van der Waals surface area contributed by atoms with E-state index in [0.29, 0.717) is 12.0 Å². The Hall–Kier alpha value is -1.40. The Morgan fingerprint density at radius 2 is 1.91 bits per heavy atom. The molecule has 6 nitrogen and oxygen atoms in total. The van der Waals surface area contributed by atoms with Crippen molar-refractivity contribution in [3.05, 3.63) is 17.0 Å². The van der Waals surface area contributed by atoms with Crippen LogP contribution in [0.5, 0.6) is 0 Å². The fourth-order valence-electron chi connectivity index (χ4n) is 3.97. The highest BCUT2D eigenvalue weighted by Gasteiger charge is 2.35. The highest BCUT2D eigenvalue weighted by atomic mass is 16.5. The molecule has 1 aromatic rings. The van der Waals surface area contributed by atoms with E-state index >= 15 is 0 Å². The van der Waals surface area contributed by atoms with Crippen molar-refractivity contribution in [1.82, 2.24) is 19.9 Å². The number of hydrogen-bond donors (Lipinski definition) is 0. The maximum Gasteiger partial charge on any atom is 0.219 e. The smallest absolute Gasteiger partial charge is 0.219 e. The van der Waals surface area contributed by atoms with Gasteiger partial charge in [0.15, 0.2) is 0 Å². The highest BCUT2D eigenvalue weighted by molar-refractivity contribution is 5.73. The van der Waals surface area contributed by atoms with Gasteiger partial charge in [-0.2, -0.15) is 0 Å². The van der Waals surface area contributed by atoms with E-state index in [1.54, 1.807) is 6.92 Å². The van der Waals surface area contributed by atoms with Crippen LogP contribution >= 0.6 is 0 Å². The zero-order valence-electron chi connectivity index (χ0n) is 14.7. The van der Waals surface area contributed by atoms with Gasteiger partial charge in [-0.15, -0.1) is 0 Å². The normalized spacial score (nSPS) is 26.9. The number of nitrogens with zero attached hydrogens (tertiary/aromatic N) is 4. The van der Waals surface area contributed by atoms with Crippen LogP contribution < -0.4 is 0 Å². The van der Waals surface area contributed by atoms with Crippen LogP contribution in [0, 0.1) is 19.8 Å². The number of hydrogen-bond acceptors (Lipinski definition) is 5. The quantitative estimate of drug-likeness (QED) is 0.840. The molecule has 2 fully saturated rings. The summed E-state index contributed by atoms with van der Waals surface area (Å²) in [5.74, 6) is 1.79. The molecule has 0 N–H and O–H groups in total. The fraction of sp³-hybridized carbons (Fsp3) is 0.765. The van der Waals surface area contributed by atoms with Gasteiger partial charge in [-0.05, 0) is 19.8 Å². The van der Waals surface area contributed by atoms with E-state index in [4.69, 9.17) is 4.52 Å². The molecule has 23 heavy (non-hydrogen) atoms. The largest absolute Gasteiger partial charge is 0.361 e. The van der Waals surface area contributed by atoms with Crippen LogP contribution in [0.2, 0.25) is 0 Å². The first-order valence-electron chi connectivity index (χ1n) is 8.59. The van der Waals surface area contributed by atoms with Crippen LogP contribution in [-0.2, 0) is 11.3 Å². The van der Waals surface area contributed by atoms with Crippen molar-refractivity contribution in [2.24, 2.45) is 5.92 Å². The summed E-state index contributed by atoms with van der Waals surface area (Å²) < 4.78 is 5.29. The van der Waals surface area contributed by atoms with Crippen LogP contribution in [0.3, 0.4) is 0 Å². The summed E-state index contributed by atoms with van der Waals surface area (Å²) in [5.41, 5.74) is 2.24. The summed E-state index contributed by atoms with van der Waals surface area (Å²) in [6.45, 7) is 14.9. The molecule has 1 aromatic heterocycles. The summed E-state index contributed by atoms with van der Waals surface area (Å²) in [6, 6.07) is 0.588. The second kappa shape index (κ2) is 6.61. The molecule has 2 saturated heterocycles. The molecular formula is C17H28N4O2. The van der Waals surface area contributed by atoms with Crippen molar-refractivity contribution in [3.63, 3.8) is 0 Å². The van der Waals surface area contributed by atoms with E-state index in [-0.39, 0.29) is 5.91 Å². The summed E-state index contributed by atoms with van der Waals surface area (Å²) in [5, 5.41) is 4.06. The number of aryl methyl sites for hydroxylation is 2. The first-order valence-corrected chi connectivity index (χ1v) is 8.59. The third-order valence-electron chi connectivity index (χ3n) is 5.44. The molecule has 0 unspecified atom stereocenters. The Bertz CT molecular complexity index is 543. The monoisotopic (exact) mass is 320 g/mol. The van der Waals surface area contributed by atoms with Crippen molar-refractivity contribution in [1.29, 1.82) is 0 Å². The number of amides is 1. The van der Waals surface area contributed by atoms with Gasteiger partial charge in [0.25, 0.3) is 0 Å². The summed E-state index contributed by atoms with van der Waals surface area (Å²) in [4.78, 5) is 18.5. The first kappa shape index (κ1) is 16.5. The molecule has 6 heteroatoms. The SMILES string of the molecule is CC(=O)N1CCN([C@@H]2CN(Cc3c(C)noc3C)C[C@@H]2C)CC1. The Morgan fingerprint density at radius 1 is 1.22 bits per heavy atom. The van der Waals surface area contributed by atoms with Crippen LogP contribution in [0.15, 0.2) is 4.52 Å². The van der Waals surface area contributed by atoms with Gasteiger partial charge in [-0.3, -0.25) is 14.6 Å². The van der Waals surface area contributed by atoms with Crippen LogP contribution in [0.25, 0.3) is 0 Å². The molecular weight excluding hydrogens is 292 g/mol. The van der Waals surface area contributed by atoms with Gasteiger partial charge in [0, 0.05) is 64.3 Å². The third kappa shape index (κ3) is 3.43. The summed E-state index contributed by atoms with van der Waals surface area (Å²) >= 11 is 0. The van der Waals surface area contributed by atoms with Crippen molar-refractivity contribution in [2.45, 2.75) is 40.3 Å². The van der Waals surface area contributed by atoms with Gasteiger partial charge in [0.05, 0.1) is 5.69 Å². The Kier molecular flexibility index (Phi) is 4.73. The predicted octanol–water partition coefficient (Wildman–Crippen LogP) is 1.28. The standard InChI is InChI=1S/C17H28N4O2/c1-12-9-19(10-16-13(2)18-23-14(16)3)11-17(12)21-7-5-20(6-8-21)15(4)22/h12,17H,5-11H2,1-4H3/t12-,17+/m0/s1. The second-order valence-corrected chi connectivity index (χ2v) is 7.08. The molecule has 2 aliphatic heterocycles. The molecule has 3 heterocycles. The van der Waals surface area contributed by atoms with Gasteiger partial charge in [0.1, 0.15) is 5.76 Å². The minimum Gasteiger partial charge on any atom is -0.361 e. The Labute approximate surface area is 138 Å². The molecule has 1 amide bonds. The molecule has 3 rings (SSSR count). The van der Waals surface area contributed by atoms with Gasteiger partial charge >= 0.3 is 0 Å². The molecule has 2 atom stereocenters. The van der Waals surface area contributed by atoms with E-state index in [2.05, 4.69) is 21.9 Å². The van der Waals surface area contributed by atoms with Crippen molar-refractivity contribution >= 4 is 5.91 Å². The zero-order valence-corrected chi connectivity index (χ0v) is 14.7. The predicted molar refractivity (Wildman–Crippen MR) is 88.0 cm³/mol. The molecule has 0 spiro atoms. The topological polar surface area (TPSA) is 52.8 Å². The molecule has 2 aliphatic rings. The Morgan fingerprint density at radius 3 is 2.48 bits per heavy atom. The number of carbonyl (C=O) groups excluding carboxylic acids is 1. The van der Waals surface area contributed by atoms with E-state index in [0.717, 1.165) is 57.3 Å². The fourth-order valence-corrected chi connectivity index (χ4v) is 3.97. The lowest BCUT2D eigenvalue weighted by Gasteiger charge is -2.39. The van der Waals surface area contributed by atoms with Gasteiger partial charge in [-0.1, -0.05) is 12.1 Å². The minimum atomic E-state index is 0.198. The van der Waals surface area contributed by atoms with Gasteiger partial charge < -0.3 is 9.42 Å². The molecule has 128 valence electrons. The number of piperazine rings is 1. The van der Waals surface area contributed by atoms with Crippen molar-refractivity contribution in [2.75, 3.05) is 39.3 Å². The van der Waals surface area contributed by atoms with E-state index < -0.39 is 0 Å². The number of likely N-dealkylation sites (tertiary alicyclic amines) is 1. The molecule has 0 aliphatic carbocycles. The van der Waals surface area contributed by atoms with Crippen molar-refractivity contribution in [3.8, 4) is 0 Å². The molecule has 0 radical (unpaired) electrons. The summed E-state index contributed by atoms with van der Waals surface area (Å²) in [7, 11) is 0. The van der Waals surface area contributed by atoms with Gasteiger partial charge in [0.2, 0.25) is 5.91 Å². The average molecular weight is 320 g/mol. The first-order chi connectivity index (χ1) is 11.0. The third-order valence-corrected chi connectivity index (χ3v) is 5.44. The lowest BCUT2D eigenvalue weighted by molar-refractivity contribution is -0.130. The van der Waals surface area contributed by atoms with E-state index in [1.165, 1.54) is 5.56 Å². The Balaban J connectivity index is 1.58. The number of carbonyl (C=O) groups is 1. The van der Waals surface area contributed by atoms with Crippen LogP contribution in [0.1, 0.15) is 30.9 Å². The lowest BCUT2D eigenvalue weighted by atomic mass is 10.0. The van der Waals surface area contributed by atoms with Crippen molar-refractivity contribution < 1.29 is 9.32 Å². The van der Waals surface area contributed by atoms with Gasteiger partial charge in [-0.25, -0.2) is 0 Å². The highest BCUT2D eigenvalue weighted by Crippen LogP contribution is 2.26. The van der Waals surface area contributed by atoms with Crippen LogP contribution in [0.4, 0.5) is 0 Å². The second-order valence-electron chi connectivity index (χ2n) is 7.08. The average Bonchev–Trinajstić information content (AvgIpc) is 3.04. The number of rotatable bonds is 3. The van der Waals surface area contributed by atoms with E-state index in [9.17, 15) is 4.79 Å². The summed E-state index contributed by atoms with van der Waals surface area (Å²) in [6.07, 6.45) is 0. The lowest BCUT2D eigenvalue weighted by Crippen LogP contribution is -2.53. The maximum absolute atomic E-state index is 11.5. The van der Waals surface area contributed by atoms with E-state index in [1.807, 2.05) is 18.7 Å². The van der Waals surface area contributed by atoms with Crippen LogP contribution in [-0.4, -0.2) is 71.1 Å². The number of aromatic nitrogens is 1.